The van der Waals surface area contributed by atoms with Crippen LogP contribution in [0.3, 0.4) is 0 Å². The van der Waals surface area contributed by atoms with Gasteiger partial charge in [-0.2, -0.15) is 11.3 Å². The smallest absolute Gasteiger partial charge is 0.254 e. The van der Waals surface area contributed by atoms with Gasteiger partial charge in [-0.1, -0.05) is 0 Å². The summed E-state index contributed by atoms with van der Waals surface area (Å²) in [6.45, 7) is 5.06. The molecule has 0 bridgehead atoms. The zero-order valence-electron chi connectivity index (χ0n) is 12.6. The summed E-state index contributed by atoms with van der Waals surface area (Å²) in [6, 6.07) is 2.22. The summed E-state index contributed by atoms with van der Waals surface area (Å²) in [7, 11) is 0. The first-order chi connectivity index (χ1) is 10.8. The molecular formula is C16H22N2O3S. The number of hydrogen-bond donors (Lipinski definition) is 0. The highest BCUT2D eigenvalue weighted by Crippen LogP contribution is 2.26. The van der Waals surface area contributed by atoms with Crippen LogP contribution in [0.5, 0.6) is 0 Å². The van der Waals surface area contributed by atoms with Crippen LogP contribution < -0.4 is 0 Å². The quantitative estimate of drug-likeness (QED) is 0.845. The molecule has 22 heavy (non-hydrogen) atoms. The number of amides is 1. The maximum Gasteiger partial charge on any atom is 0.254 e. The fraction of sp³-hybridized carbons (Fsp3) is 0.688. The molecule has 0 radical (unpaired) electrons. The summed E-state index contributed by atoms with van der Waals surface area (Å²) in [4.78, 5) is 17.0. The van der Waals surface area contributed by atoms with Gasteiger partial charge >= 0.3 is 0 Å². The summed E-state index contributed by atoms with van der Waals surface area (Å²) in [5.41, 5.74) is 0.800. The van der Waals surface area contributed by atoms with E-state index in [0.29, 0.717) is 18.7 Å². The molecule has 120 valence electrons. The van der Waals surface area contributed by atoms with Crippen molar-refractivity contribution in [2.24, 2.45) is 0 Å². The van der Waals surface area contributed by atoms with E-state index in [-0.39, 0.29) is 12.0 Å². The van der Waals surface area contributed by atoms with Gasteiger partial charge in [0, 0.05) is 38.2 Å². The molecule has 4 rings (SSSR count). The second-order valence-electron chi connectivity index (χ2n) is 6.33. The van der Waals surface area contributed by atoms with Crippen molar-refractivity contribution >= 4 is 17.2 Å². The first-order valence-corrected chi connectivity index (χ1v) is 9.04. The SMILES string of the molecule is O=C(c1ccsc1)N1C[C@@H]2OCCN(CC3CCCO3)[C@@H]2C1. The molecule has 5 nitrogen and oxygen atoms in total. The molecule has 3 fully saturated rings. The van der Waals surface area contributed by atoms with Crippen LogP contribution in [0.2, 0.25) is 0 Å². The van der Waals surface area contributed by atoms with Crippen LogP contribution in [-0.2, 0) is 9.47 Å². The molecule has 0 spiro atoms. The van der Waals surface area contributed by atoms with Crippen molar-refractivity contribution in [3.63, 3.8) is 0 Å². The van der Waals surface area contributed by atoms with Crippen LogP contribution in [0.25, 0.3) is 0 Å². The van der Waals surface area contributed by atoms with Crippen LogP contribution in [0, 0.1) is 0 Å². The molecule has 1 aromatic rings. The number of hydrogen-bond acceptors (Lipinski definition) is 5. The molecule has 1 aromatic heterocycles. The van der Waals surface area contributed by atoms with E-state index in [1.54, 1.807) is 11.3 Å². The number of likely N-dealkylation sites (tertiary alicyclic amines) is 1. The molecule has 3 saturated heterocycles. The number of carbonyl (C=O) groups is 1. The van der Waals surface area contributed by atoms with Gasteiger partial charge in [0.2, 0.25) is 0 Å². The molecule has 0 saturated carbocycles. The van der Waals surface area contributed by atoms with E-state index in [4.69, 9.17) is 9.47 Å². The molecule has 3 aliphatic rings. The molecule has 0 aliphatic carbocycles. The Kier molecular flexibility index (Phi) is 4.17. The van der Waals surface area contributed by atoms with Gasteiger partial charge < -0.3 is 14.4 Å². The van der Waals surface area contributed by atoms with Crippen LogP contribution in [0.15, 0.2) is 16.8 Å². The van der Waals surface area contributed by atoms with E-state index >= 15 is 0 Å². The topological polar surface area (TPSA) is 42.0 Å². The monoisotopic (exact) mass is 322 g/mol. The van der Waals surface area contributed by atoms with Gasteiger partial charge in [-0.3, -0.25) is 9.69 Å². The van der Waals surface area contributed by atoms with E-state index in [1.165, 1.54) is 6.42 Å². The van der Waals surface area contributed by atoms with Gasteiger partial charge in [0.1, 0.15) is 0 Å². The van der Waals surface area contributed by atoms with Gasteiger partial charge in [-0.15, -0.1) is 0 Å². The number of morpholine rings is 1. The van der Waals surface area contributed by atoms with Crippen molar-refractivity contribution in [2.75, 3.05) is 39.4 Å². The van der Waals surface area contributed by atoms with Crippen LogP contribution in [0.4, 0.5) is 0 Å². The van der Waals surface area contributed by atoms with Crippen molar-refractivity contribution in [1.29, 1.82) is 0 Å². The van der Waals surface area contributed by atoms with E-state index in [9.17, 15) is 4.79 Å². The van der Waals surface area contributed by atoms with Gasteiger partial charge in [0.05, 0.1) is 30.4 Å². The lowest BCUT2D eigenvalue weighted by Crippen LogP contribution is -2.52. The lowest BCUT2D eigenvalue weighted by Gasteiger charge is -2.37. The lowest BCUT2D eigenvalue weighted by molar-refractivity contribution is -0.0614. The number of ether oxygens (including phenoxy) is 2. The molecule has 3 aliphatic heterocycles. The minimum atomic E-state index is 0.135. The van der Waals surface area contributed by atoms with Crippen molar-refractivity contribution in [3.05, 3.63) is 22.4 Å². The molecule has 1 amide bonds. The summed E-state index contributed by atoms with van der Waals surface area (Å²) in [5.74, 6) is 0.135. The Morgan fingerprint density at radius 3 is 3.05 bits per heavy atom. The number of nitrogens with zero attached hydrogens (tertiary/aromatic N) is 2. The van der Waals surface area contributed by atoms with Crippen molar-refractivity contribution < 1.29 is 14.3 Å². The second-order valence-corrected chi connectivity index (χ2v) is 7.11. The fourth-order valence-corrected chi connectivity index (χ4v) is 4.40. The lowest BCUT2D eigenvalue weighted by atomic mass is 10.1. The molecular weight excluding hydrogens is 300 g/mol. The maximum atomic E-state index is 12.5. The highest BCUT2D eigenvalue weighted by Gasteiger charge is 2.42. The third kappa shape index (κ3) is 2.80. The van der Waals surface area contributed by atoms with E-state index in [0.717, 1.165) is 44.8 Å². The Bertz CT molecular complexity index is 515. The normalized spacial score (nSPS) is 32.4. The van der Waals surface area contributed by atoms with E-state index < -0.39 is 0 Å². The second kappa shape index (κ2) is 6.28. The molecule has 4 heterocycles. The van der Waals surface area contributed by atoms with Gasteiger partial charge in [-0.05, 0) is 24.3 Å². The number of rotatable bonds is 3. The highest BCUT2D eigenvalue weighted by molar-refractivity contribution is 7.08. The van der Waals surface area contributed by atoms with Crippen molar-refractivity contribution in [2.45, 2.75) is 31.1 Å². The predicted octanol–water partition coefficient (Wildman–Crippen LogP) is 1.45. The molecule has 0 aromatic carbocycles. The Balaban J connectivity index is 1.42. The van der Waals surface area contributed by atoms with Crippen LogP contribution >= 0.6 is 11.3 Å². The van der Waals surface area contributed by atoms with Crippen LogP contribution in [-0.4, -0.2) is 73.3 Å². The first kappa shape index (κ1) is 14.6. The Hall–Kier alpha value is -0.950. The molecule has 0 N–H and O–H groups in total. The third-order valence-corrected chi connectivity index (χ3v) is 5.62. The zero-order chi connectivity index (χ0) is 14.9. The molecule has 6 heteroatoms. The minimum absolute atomic E-state index is 0.135. The standard InChI is InChI=1S/C16H22N2O3S/c19-16(12-3-7-22-11-12)18-9-14-15(10-18)21-6-4-17(14)8-13-2-1-5-20-13/h3,7,11,13-15H,1-2,4-6,8-10H2/t13?,14-,15+/m1/s1. The fourth-order valence-electron chi connectivity index (χ4n) is 3.77. The summed E-state index contributed by atoms with van der Waals surface area (Å²) >= 11 is 1.57. The van der Waals surface area contributed by atoms with Gasteiger partial charge in [0.25, 0.3) is 5.91 Å². The van der Waals surface area contributed by atoms with E-state index in [2.05, 4.69) is 4.90 Å². The maximum absolute atomic E-state index is 12.5. The zero-order valence-corrected chi connectivity index (χ0v) is 13.5. The van der Waals surface area contributed by atoms with Gasteiger partial charge in [-0.25, -0.2) is 0 Å². The van der Waals surface area contributed by atoms with Crippen LogP contribution in [0.1, 0.15) is 23.2 Å². The molecule has 1 unspecified atom stereocenters. The van der Waals surface area contributed by atoms with Crippen molar-refractivity contribution in [1.82, 2.24) is 9.80 Å². The van der Waals surface area contributed by atoms with Crippen molar-refractivity contribution in [3.8, 4) is 0 Å². The number of fused-ring (bicyclic) bond motifs is 1. The average Bonchev–Trinajstić information content (AvgIpc) is 3.28. The first-order valence-electron chi connectivity index (χ1n) is 8.10. The highest BCUT2D eigenvalue weighted by atomic mass is 32.1. The Morgan fingerprint density at radius 1 is 1.32 bits per heavy atom. The Labute approximate surface area is 134 Å². The number of carbonyl (C=O) groups excluding carboxylic acids is 1. The molecule has 3 atom stereocenters. The third-order valence-electron chi connectivity index (χ3n) is 4.93. The summed E-state index contributed by atoms with van der Waals surface area (Å²) in [6.07, 6.45) is 2.84. The summed E-state index contributed by atoms with van der Waals surface area (Å²) in [5, 5.41) is 3.88. The van der Waals surface area contributed by atoms with Gasteiger partial charge in [0.15, 0.2) is 0 Å². The minimum Gasteiger partial charge on any atom is -0.377 e. The Morgan fingerprint density at radius 2 is 2.27 bits per heavy atom. The predicted molar refractivity (Wildman–Crippen MR) is 84.3 cm³/mol. The van der Waals surface area contributed by atoms with E-state index in [1.807, 2.05) is 21.7 Å². The number of thiophene rings is 1. The largest absolute Gasteiger partial charge is 0.377 e. The average molecular weight is 322 g/mol. The summed E-state index contributed by atoms with van der Waals surface area (Å²) < 4.78 is 11.7.